The van der Waals surface area contributed by atoms with Crippen LogP contribution in [0.1, 0.15) is 18.4 Å². The molecule has 136 valence electrons. The number of nitrogens with one attached hydrogen (secondary N) is 1. The Balaban J connectivity index is 1.98. The quantitative estimate of drug-likeness (QED) is 0.623. The Morgan fingerprint density at radius 3 is 2.44 bits per heavy atom. The number of hydrogen-bond acceptors (Lipinski definition) is 5. The van der Waals surface area contributed by atoms with Gasteiger partial charge in [0, 0.05) is 13.1 Å². The first kappa shape index (κ1) is 18.5. The zero-order valence-electron chi connectivity index (χ0n) is 14.2. The van der Waals surface area contributed by atoms with E-state index in [1.54, 1.807) is 14.7 Å². The number of fused-ring (bicyclic) bond motifs is 1. The van der Waals surface area contributed by atoms with Crippen molar-refractivity contribution in [2.75, 3.05) is 24.4 Å². The molecule has 3 rings (SSSR count). The number of benzene rings is 2. The van der Waals surface area contributed by atoms with Crippen molar-refractivity contribution in [1.82, 2.24) is 9.62 Å². The fourth-order valence-corrected chi connectivity index (χ4v) is 5.09. The topological polar surface area (TPSA) is 59.0 Å². The van der Waals surface area contributed by atoms with Crippen molar-refractivity contribution in [2.24, 2.45) is 0 Å². The Kier molecular flexibility index (Phi) is 5.89. The molecule has 0 aliphatic carbocycles. The van der Waals surface area contributed by atoms with E-state index in [0.717, 1.165) is 30.6 Å². The van der Waals surface area contributed by atoms with Gasteiger partial charge in [-0.15, -0.1) is 0 Å². The largest absolute Gasteiger partial charge is 0.320 e. The summed E-state index contributed by atoms with van der Waals surface area (Å²) in [7, 11) is -1.26. The Hall–Kier alpha value is -1.28. The van der Waals surface area contributed by atoms with Crippen LogP contribution in [-0.4, -0.2) is 33.5 Å². The van der Waals surface area contributed by atoms with Crippen molar-refractivity contribution in [3.05, 3.63) is 59.1 Å². The third-order valence-electron chi connectivity index (χ3n) is 4.30. The highest BCUT2D eigenvalue weighted by atomic mass is 35.5. The van der Waals surface area contributed by atoms with Gasteiger partial charge in [-0.05, 0) is 61.2 Å². The SMILES string of the molecule is CNCCCCN1Cc2ccccc2N(c2ccccc2Cl)S1(O)O. The number of anilines is 2. The highest BCUT2D eigenvalue weighted by Crippen LogP contribution is 2.59. The van der Waals surface area contributed by atoms with Gasteiger partial charge in [0.1, 0.15) is 0 Å². The Morgan fingerprint density at radius 1 is 1.04 bits per heavy atom. The average Bonchev–Trinajstić information content (AvgIpc) is 2.60. The van der Waals surface area contributed by atoms with Crippen molar-refractivity contribution < 1.29 is 9.11 Å². The zero-order chi connectivity index (χ0) is 17.9. The summed E-state index contributed by atoms with van der Waals surface area (Å²) in [5.74, 6) is 0. The summed E-state index contributed by atoms with van der Waals surface area (Å²) >= 11 is 6.37. The number of nitrogens with zero attached hydrogens (tertiary/aromatic N) is 2. The van der Waals surface area contributed by atoms with Gasteiger partial charge >= 0.3 is 0 Å². The number of unbranched alkanes of at least 4 members (excludes halogenated alkanes) is 1. The van der Waals surface area contributed by atoms with Crippen LogP contribution in [0.5, 0.6) is 0 Å². The van der Waals surface area contributed by atoms with Crippen LogP contribution in [-0.2, 0) is 6.54 Å². The van der Waals surface area contributed by atoms with Crippen LogP contribution in [0, 0.1) is 0 Å². The molecule has 3 N–H and O–H groups in total. The normalized spacial score (nSPS) is 18.0. The molecule has 0 bridgehead atoms. The van der Waals surface area contributed by atoms with Crippen LogP contribution in [0.25, 0.3) is 0 Å². The van der Waals surface area contributed by atoms with E-state index in [2.05, 4.69) is 5.32 Å². The molecule has 0 fully saturated rings. The summed E-state index contributed by atoms with van der Waals surface area (Å²) in [6, 6.07) is 15.1. The molecule has 5 nitrogen and oxygen atoms in total. The molecule has 0 saturated carbocycles. The van der Waals surface area contributed by atoms with Crippen LogP contribution in [0.15, 0.2) is 48.5 Å². The summed E-state index contributed by atoms with van der Waals surface area (Å²) in [5.41, 5.74) is 2.46. The summed E-state index contributed by atoms with van der Waals surface area (Å²) in [5, 5.41) is 3.61. The fraction of sp³-hybridized carbons (Fsp3) is 0.333. The van der Waals surface area contributed by atoms with Crippen LogP contribution in [0.3, 0.4) is 0 Å². The first-order valence-electron chi connectivity index (χ1n) is 8.36. The molecule has 0 atom stereocenters. The first-order valence-corrected chi connectivity index (χ1v) is 10.2. The lowest BCUT2D eigenvalue weighted by Crippen LogP contribution is -2.42. The molecule has 0 unspecified atom stereocenters. The van der Waals surface area contributed by atoms with Crippen molar-refractivity contribution in [1.29, 1.82) is 0 Å². The second-order valence-electron chi connectivity index (χ2n) is 6.04. The maximum atomic E-state index is 11.1. The molecular weight excluding hydrogens is 358 g/mol. The van der Waals surface area contributed by atoms with Gasteiger partial charge in [-0.25, -0.2) is 4.31 Å². The zero-order valence-corrected chi connectivity index (χ0v) is 15.8. The molecule has 0 radical (unpaired) electrons. The van der Waals surface area contributed by atoms with Gasteiger partial charge in [-0.2, -0.15) is 4.31 Å². The van der Waals surface area contributed by atoms with Gasteiger partial charge in [0.15, 0.2) is 0 Å². The third-order valence-corrected chi connectivity index (χ3v) is 6.51. The lowest BCUT2D eigenvalue weighted by molar-refractivity contribution is 0.330. The van der Waals surface area contributed by atoms with Crippen LogP contribution in [0.4, 0.5) is 11.4 Å². The van der Waals surface area contributed by atoms with Crippen molar-refractivity contribution in [2.45, 2.75) is 19.4 Å². The second kappa shape index (κ2) is 7.95. The first-order chi connectivity index (χ1) is 12.1. The minimum absolute atomic E-state index is 0.495. The van der Waals surface area contributed by atoms with E-state index < -0.39 is 11.0 Å². The molecule has 25 heavy (non-hydrogen) atoms. The van der Waals surface area contributed by atoms with Crippen LogP contribution in [0.2, 0.25) is 5.02 Å². The van der Waals surface area contributed by atoms with E-state index in [4.69, 9.17) is 11.6 Å². The third kappa shape index (κ3) is 3.79. The Morgan fingerprint density at radius 2 is 1.72 bits per heavy atom. The van der Waals surface area contributed by atoms with E-state index in [1.807, 2.05) is 49.5 Å². The molecule has 0 aromatic heterocycles. The lowest BCUT2D eigenvalue weighted by atomic mass is 10.1. The van der Waals surface area contributed by atoms with E-state index in [9.17, 15) is 9.11 Å². The van der Waals surface area contributed by atoms with Crippen molar-refractivity contribution in [3.63, 3.8) is 0 Å². The number of para-hydroxylation sites is 2. The molecule has 1 aliphatic heterocycles. The van der Waals surface area contributed by atoms with E-state index >= 15 is 0 Å². The molecule has 0 amide bonds. The van der Waals surface area contributed by atoms with Crippen LogP contribution >= 0.6 is 22.6 Å². The van der Waals surface area contributed by atoms with Crippen LogP contribution < -0.4 is 9.62 Å². The predicted octanol–water partition coefficient (Wildman–Crippen LogP) is 4.87. The molecule has 1 heterocycles. The molecule has 2 aromatic rings. The van der Waals surface area contributed by atoms with Gasteiger partial charge in [0.05, 0.1) is 16.4 Å². The van der Waals surface area contributed by atoms with Gasteiger partial charge in [0.25, 0.3) is 0 Å². The minimum atomic E-state index is -3.18. The van der Waals surface area contributed by atoms with E-state index in [0.29, 0.717) is 23.8 Å². The number of hydrogen-bond donors (Lipinski definition) is 3. The summed E-state index contributed by atoms with van der Waals surface area (Å²) in [6.07, 6.45) is 1.87. The molecule has 7 heteroatoms. The predicted molar refractivity (Wildman–Crippen MR) is 106 cm³/mol. The molecule has 1 aliphatic rings. The maximum absolute atomic E-state index is 11.1. The highest BCUT2D eigenvalue weighted by molar-refractivity contribution is 8.23. The van der Waals surface area contributed by atoms with Gasteiger partial charge in [0.2, 0.25) is 0 Å². The molecular formula is C18H24ClN3O2S. The van der Waals surface area contributed by atoms with E-state index in [-0.39, 0.29) is 0 Å². The van der Waals surface area contributed by atoms with Gasteiger partial charge in [-0.1, -0.05) is 41.9 Å². The standard InChI is InChI=1S/C18H24ClN3O2S/c1-20-12-6-7-13-21-14-15-8-2-4-10-17(15)22(25(21,23)24)18-11-5-3-9-16(18)19/h2-5,8-11,20,23-24H,6-7,12-14H2,1H3. The summed E-state index contributed by atoms with van der Waals surface area (Å²) in [4.78, 5) is 0. The van der Waals surface area contributed by atoms with Gasteiger partial charge < -0.3 is 5.32 Å². The summed E-state index contributed by atoms with van der Waals surface area (Å²) < 4.78 is 25.5. The molecule has 2 aromatic carbocycles. The minimum Gasteiger partial charge on any atom is -0.320 e. The Bertz CT molecular complexity index is 729. The molecule has 0 spiro atoms. The van der Waals surface area contributed by atoms with Crippen molar-refractivity contribution in [3.8, 4) is 0 Å². The molecule has 0 saturated heterocycles. The Labute approximate surface area is 155 Å². The number of rotatable bonds is 6. The monoisotopic (exact) mass is 381 g/mol. The fourth-order valence-electron chi connectivity index (χ4n) is 3.04. The highest BCUT2D eigenvalue weighted by Gasteiger charge is 2.38. The van der Waals surface area contributed by atoms with Crippen molar-refractivity contribution >= 4 is 33.9 Å². The smallest absolute Gasteiger partial charge is 0.0827 e. The average molecular weight is 382 g/mol. The lowest BCUT2D eigenvalue weighted by Gasteiger charge is -2.54. The second-order valence-corrected chi connectivity index (χ2v) is 8.31. The van der Waals surface area contributed by atoms with Gasteiger partial charge in [-0.3, -0.25) is 9.11 Å². The van der Waals surface area contributed by atoms with E-state index in [1.165, 1.54) is 0 Å². The summed E-state index contributed by atoms with van der Waals surface area (Å²) in [6.45, 7) is 2.04. The number of halogens is 1. The maximum Gasteiger partial charge on any atom is 0.0827 e.